The molecular formula is C23H16BrCl2NO2. The topological polar surface area (TPSA) is 42.2 Å². The smallest absolute Gasteiger partial charge is 0.175 e. The lowest BCUT2D eigenvalue weighted by Gasteiger charge is -2.14. The first-order valence-electron chi connectivity index (χ1n) is 8.63. The molecule has 0 heterocycles. The second kappa shape index (κ2) is 9.84. The zero-order chi connectivity index (χ0) is 20.8. The zero-order valence-corrected chi connectivity index (χ0v) is 18.6. The first-order valence-corrected chi connectivity index (χ1v) is 10.2. The summed E-state index contributed by atoms with van der Waals surface area (Å²) in [5.41, 5.74) is 2.90. The van der Waals surface area contributed by atoms with E-state index >= 15 is 0 Å². The van der Waals surface area contributed by atoms with Crippen LogP contribution in [0.2, 0.25) is 10.0 Å². The van der Waals surface area contributed by atoms with Crippen LogP contribution in [0.1, 0.15) is 16.7 Å². The third-order valence-electron chi connectivity index (χ3n) is 4.14. The highest BCUT2D eigenvalue weighted by atomic mass is 79.9. The van der Waals surface area contributed by atoms with Crippen molar-refractivity contribution in [1.29, 1.82) is 5.26 Å². The lowest BCUT2D eigenvalue weighted by Crippen LogP contribution is -1.99. The standard InChI is InChI=1S/C23H16BrCl2NO2/c1-28-22-12-16(10-17(13-27)19-4-2-3-5-21(19)26)11-20(24)23(22)29-14-15-6-8-18(25)9-7-15/h2-12H,14H2,1H3. The highest BCUT2D eigenvalue weighted by molar-refractivity contribution is 9.10. The summed E-state index contributed by atoms with van der Waals surface area (Å²) in [6.07, 6.45) is 1.76. The van der Waals surface area contributed by atoms with Crippen LogP contribution in [0.15, 0.2) is 65.1 Å². The van der Waals surface area contributed by atoms with Crippen molar-refractivity contribution in [3.63, 3.8) is 0 Å². The van der Waals surface area contributed by atoms with Gasteiger partial charge in [0.25, 0.3) is 0 Å². The van der Waals surface area contributed by atoms with Crippen LogP contribution in [0.5, 0.6) is 11.5 Å². The second-order valence-corrected chi connectivity index (χ2v) is 7.80. The summed E-state index contributed by atoms with van der Waals surface area (Å²) in [6, 6.07) is 20.6. The highest BCUT2D eigenvalue weighted by Crippen LogP contribution is 2.38. The molecule has 3 aromatic rings. The van der Waals surface area contributed by atoms with E-state index in [1.54, 1.807) is 19.3 Å². The molecule has 146 valence electrons. The molecule has 0 amide bonds. The van der Waals surface area contributed by atoms with Crippen molar-refractivity contribution in [2.24, 2.45) is 0 Å². The largest absolute Gasteiger partial charge is 0.493 e. The molecule has 0 aliphatic carbocycles. The molecule has 0 spiro atoms. The molecule has 3 rings (SSSR count). The first kappa shape index (κ1) is 21.3. The van der Waals surface area contributed by atoms with Gasteiger partial charge in [-0.25, -0.2) is 0 Å². The molecule has 0 saturated heterocycles. The molecular weight excluding hydrogens is 473 g/mol. The van der Waals surface area contributed by atoms with Crippen molar-refractivity contribution in [2.75, 3.05) is 7.11 Å². The van der Waals surface area contributed by atoms with Crippen LogP contribution in [0.25, 0.3) is 11.6 Å². The Morgan fingerprint density at radius 3 is 2.48 bits per heavy atom. The van der Waals surface area contributed by atoms with Crippen LogP contribution in [0.4, 0.5) is 0 Å². The van der Waals surface area contributed by atoms with Gasteiger partial charge in [-0.3, -0.25) is 0 Å². The summed E-state index contributed by atoms with van der Waals surface area (Å²) in [7, 11) is 1.57. The summed E-state index contributed by atoms with van der Waals surface area (Å²) in [5.74, 6) is 1.13. The Morgan fingerprint density at radius 1 is 1.10 bits per heavy atom. The third-order valence-corrected chi connectivity index (χ3v) is 5.31. The summed E-state index contributed by atoms with van der Waals surface area (Å²) in [5, 5.41) is 10.8. The number of hydrogen-bond donors (Lipinski definition) is 0. The van der Waals surface area contributed by atoms with Gasteiger partial charge in [-0.1, -0.05) is 53.5 Å². The van der Waals surface area contributed by atoms with E-state index in [9.17, 15) is 5.26 Å². The Morgan fingerprint density at radius 2 is 1.83 bits per heavy atom. The number of ether oxygens (including phenoxy) is 2. The number of nitrogens with zero attached hydrogens (tertiary/aromatic N) is 1. The van der Waals surface area contributed by atoms with Gasteiger partial charge >= 0.3 is 0 Å². The number of allylic oxidation sites excluding steroid dienone is 1. The molecule has 0 atom stereocenters. The quantitative estimate of drug-likeness (QED) is 0.268. The molecule has 0 unspecified atom stereocenters. The lowest BCUT2D eigenvalue weighted by molar-refractivity contribution is 0.282. The second-order valence-electron chi connectivity index (χ2n) is 6.10. The average molecular weight is 489 g/mol. The molecule has 6 heteroatoms. The monoisotopic (exact) mass is 487 g/mol. The molecule has 0 radical (unpaired) electrons. The zero-order valence-electron chi connectivity index (χ0n) is 15.5. The van der Waals surface area contributed by atoms with Gasteiger partial charge < -0.3 is 9.47 Å². The van der Waals surface area contributed by atoms with Crippen LogP contribution >= 0.6 is 39.1 Å². The van der Waals surface area contributed by atoms with Crippen LogP contribution in [-0.4, -0.2) is 7.11 Å². The predicted octanol–water partition coefficient (Wildman–Crippen LogP) is 7.41. The van der Waals surface area contributed by atoms with Gasteiger partial charge in [0.15, 0.2) is 11.5 Å². The molecule has 0 aliphatic rings. The molecule has 0 bridgehead atoms. The van der Waals surface area contributed by atoms with E-state index in [1.165, 1.54) is 0 Å². The molecule has 3 aromatic carbocycles. The van der Waals surface area contributed by atoms with Gasteiger partial charge in [-0.2, -0.15) is 5.26 Å². The van der Waals surface area contributed by atoms with E-state index < -0.39 is 0 Å². The minimum absolute atomic E-state index is 0.365. The lowest BCUT2D eigenvalue weighted by atomic mass is 10.0. The van der Waals surface area contributed by atoms with Crippen molar-refractivity contribution in [3.8, 4) is 17.6 Å². The van der Waals surface area contributed by atoms with Gasteiger partial charge in [0.1, 0.15) is 6.61 Å². The van der Waals surface area contributed by atoms with Crippen molar-refractivity contribution in [2.45, 2.75) is 6.61 Å². The van der Waals surface area contributed by atoms with E-state index in [2.05, 4.69) is 22.0 Å². The minimum atomic E-state index is 0.365. The fraction of sp³-hybridized carbons (Fsp3) is 0.0870. The molecule has 0 aliphatic heterocycles. The van der Waals surface area contributed by atoms with Crippen LogP contribution in [0.3, 0.4) is 0 Å². The molecule has 0 saturated carbocycles. The van der Waals surface area contributed by atoms with Crippen molar-refractivity contribution in [1.82, 2.24) is 0 Å². The molecule has 0 aromatic heterocycles. The minimum Gasteiger partial charge on any atom is -0.493 e. The van der Waals surface area contributed by atoms with Crippen molar-refractivity contribution < 1.29 is 9.47 Å². The van der Waals surface area contributed by atoms with Crippen molar-refractivity contribution >= 4 is 50.8 Å². The van der Waals surface area contributed by atoms with Crippen molar-refractivity contribution in [3.05, 3.63) is 91.9 Å². The summed E-state index contributed by atoms with van der Waals surface area (Å²) in [4.78, 5) is 0. The normalized spacial score (nSPS) is 11.1. The van der Waals surface area contributed by atoms with E-state index in [0.29, 0.717) is 43.8 Å². The number of hydrogen-bond acceptors (Lipinski definition) is 3. The van der Waals surface area contributed by atoms with Crippen LogP contribution in [0, 0.1) is 11.3 Å². The predicted molar refractivity (Wildman–Crippen MR) is 121 cm³/mol. The van der Waals surface area contributed by atoms with Gasteiger partial charge in [-0.05, 0) is 63.5 Å². The molecule has 3 nitrogen and oxygen atoms in total. The van der Waals surface area contributed by atoms with Gasteiger partial charge in [0.2, 0.25) is 0 Å². The Kier molecular flexibility index (Phi) is 7.22. The number of halogens is 3. The Balaban J connectivity index is 1.90. The maximum Gasteiger partial charge on any atom is 0.175 e. The summed E-state index contributed by atoms with van der Waals surface area (Å²) in [6.45, 7) is 0.365. The number of rotatable bonds is 6. The maximum absolute atomic E-state index is 9.59. The third kappa shape index (κ3) is 5.33. The van der Waals surface area contributed by atoms with Gasteiger partial charge in [-0.15, -0.1) is 0 Å². The first-order chi connectivity index (χ1) is 14.0. The van der Waals surface area contributed by atoms with Crippen LogP contribution < -0.4 is 9.47 Å². The summed E-state index contributed by atoms with van der Waals surface area (Å²) < 4.78 is 12.2. The Labute approximate surface area is 188 Å². The fourth-order valence-corrected chi connectivity index (χ4v) is 3.65. The highest BCUT2D eigenvalue weighted by Gasteiger charge is 2.13. The number of benzene rings is 3. The van der Waals surface area contributed by atoms with E-state index in [4.69, 9.17) is 32.7 Å². The average Bonchev–Trinajstić information content (AvgIpc) is 2.72. The van der Waals surface area contributed by atoms with Crippen LogP contribution in [-0.2, 0) is 6.61 Å². The van der Waals surface area contributed by atoms with E-state index in [1.807, 2.05) is 54.6 Å². The SMILES string of the molecule is COc1cc(C=C(C#N)c2ccccc2Cl)cc(Br)c1OCc1ccc(Cl)cc1. The van der Waals surface area contributed by atoms with Gasteiger partial charge in [0.05, 0.1) is 23.2 Å². The van der Waals surface area contributed by atoms with E-state index in [-0.39, 0.29) is 0 Å². The number of nitriles is 1. The molecule has 0 N–H and O–H groups in total. The summed E-state index contributed by atoms with van der Waals surface area (Å²) >= 11 is 15.7. The fourth-order valence-electron chi connectivity index (χ4n) is 2.72. The Hall–Kier alpha value is -2.45. The van der Waals surface area contributed by atoms with E-state index in [0.717, 1.165) is 11.1 Å². The molecule has 29 heavy (non-hydrogen) atoms. The maximum atomic E-state index is 9.59. The Bertz CT molecular complexity index is 1090. The molecule has 0 fully saturated rings. The number of methoxy groups -OCH3 is 1. The van der Waals surface area contributed by atoms with Gasteiger partial charge in [0, 0.05) is 15.6 Å².